The third-order valence-electron chi connectivity index (χ3n) is 9.54. The van der Waals surface area contributed by atoms with E-state index in [-0.39, 0.29) is 47.3 Å². The van der Waals surface area contributed by atoms with Crippen LogP contribution >= 0.6 is 0 Å². The summed E-state index contributed by atoms with van der Waals surface area (Å²) in [4.78, 5) is 26.0. The van der Waals surface area contributed by atoms with Crippen LogP contribution in [0.2, 0.25) is 0 Å². The number of amides is 1. The lowest BCUT2D eigenvalue weighted by atomic mass is 9.74. The maximum Gasteiger partial charge on any atom is 0.498 e. The highest BCUT2D eigenvalue weighted by atomic mass is 32.2. The van der Waals surface area contributed by atoms with E-state index in [1.165, 1.54) is 54.9 Å². The van der Waals surface area contributed by atoms with Crippen molar-refractivity contribution < 1.29 is 45.6 Å². The number of carbonyl (C=O) groups is 2. The maximum atomic E-state index is 15.9. The Morgan fingerprint density at radius 2 is 1.69 bits per heavy atom. The average Bonchev–Trinajstić information content (AvgIpc) is 3.78. The van der Waals surface area contributed by atoms with Crippen LogP contribution in [0, 0.1) is 11.6 Å². The van der Waals surface area contributed by atoms with E-state index >= 15 is 4.39 Å². The highest BCUT2D eigenvalue weighted by Gasteiger charge is 2.53. The lowest BCUT2D eigenvalue weighted by Gasteiger charge is -2.32. The van der Waals surface area contributed by atoms with E-state index in [9.17, 15) is 22.7 Å². The number of benzene rings is 3. The quantitative estimate of drug-likeness (QED) is 0.121. The second kappa shape index (κ2) is 13.1. The molecule has 2 aliphatic rings. The van der Waals surface area contributed by atoms with E-state index < -0.39 is 47.2 Å². The minimum atomic E-state index is -2.52. The first kappa shape index (κ1) is 34.9. The smallest absolute Gasteiger partial charge is 0.465 e. The molecule has 6 rings (SSSR count). The molecule has 14 heteroatoms. The first-order valence-corrected chi connectivity index (χ1v) is 16.9. The minimum Gasteiger partial charge on any atom is -0.465 e. The molecule has 1 aliphatic heterocycles. The molecule has 2 fully saturated rings. The molecule has 1 aromatic heterocycles. The summed E-state index contributed by atoms with van der Waals surface area (Å²) in [5, 5.41) is 3.21. The zero-order valence-electron chi connectivity index (χ0n) is 28.0. The van der Waals surface area contributed by atoms with Crippen LogP contribution in [0.4, 0.5) is 8.78 Å². The fourth-order valence-corrected chi connectivity index (χ4v) is 6.58. The Balaban J connectivity index is 1.38. The summed E-state index contributed by atoms with van der Waals surface area (Å²) in [6, 6.07) is 11.8. The normalized spacial score (nSPS) is 17.5. The number of rotatable bonds is 10. The van der Waals surface area contributed by atoms with E-state index in [0.29, 0.717) is 27.7 Å². The number of fused-ring (bicyclic) bond motifs is 1. The number of esters is 1. The van der Waals surface area contributed by atoms with E-state index in [1.54, 1.807) is 6.07 Å². The number of furan rings is 1. The molecule has 1 unspecified atom stereocenters. The van der Waals surface area contributed by atoms with Gasteiger partial charge in [-0.2, -0.15) is 4.31 Å². The zero-order valence-corrected chi connectivity index (χ0v) is 28.8. The number of carbonyl (C=O) groups excluding carboxylic acids is 2. The van der Waals surface area contributed by atoms with E-state index in [0.717, 1.165) is 18.4 Å². The molecule has 49 heavy (non-hydrogen) atoms. The SMILES string of the molecule is CNC(=O)c1c(-c2ccc(F)cc2)oc2cc(CN(Cc3cc(F)c(B4OC(C)(C)C(C)(C)O4)c(C(=O)OC)c3)S(=O)O)c(C3CC3)cc12. The molecule has 2 N–H and O–H groups in total. The summed E-state index contributed by atoms with van der Waals surface area (Å²) in [6.45, 7) is 6.99. The molecule has 4 aromatic rings. The van der Waals surface area contributed by atoms with Gasteiger partial charge in [-0.05, 0) is 112 Å². The number of halogens is 2. The largest absolute Gasteiger partial charge is 0.498 e. The van der Waals surface area contributed by atoms with Crippen LogP contribution in [0.3, 0.4) is 0 Å². The van der Waals surface area contributed by atoms with Gasteiger partial charge in [-0.1, -0.05) is 0 Å². The lowest BCUT2D eigenvalue weighted by Crippen LogP contribution is -2.41. The van der Waals surface area contributed by atoms with Gasteiger partial charge in [0, 0.05) is 36.5 Å². The van der Waals surface area contributed by atoms with Gasteiger partial charge in [-0.25, -0.2) is 17.8 Å². The Morgan fingerprint density at radius 3 is 2.27 bits per heavy atom. The maximum absolute atomic E-state index is 15.9. The summed E-state index contributed by atoms with van der Waals surface area (Å²) in [5.74, 6) is -1.98. The second-order valence-corrected chi connectivity index (χ2v) is 14.3. The van der Waals surface area contributed by atoms with Gasteiger partial charge in [0.1, 0.15) is 23.0 Å². The van der Waals surface area contributed by atoms with Crippen LogP contribution in [0.25, 0.3) is 22.3 Å². The summed E-state index contributed by atoms with van der Waals surface area (Å²) in [5.41, 5.74) is 1.16. The average molecular weight is 695 g/mol. The number of ether oxygens (including phenoxy) is 1. The predicted octanol–water partition coefficient (Wildman–Crippen LogP) is 5.84. The lowest BCUT2D eigenvalue weighted by molar-refractivity contribution is 0.00578. The molecule has 2 heterocycles. The first-order chi connectivity index (χ1) is 23.1. The minimum absolute atomic E-state index is 0.0407. The van der Waals surface area contributed by atoms with Gasteiger partial charge < -0.3 is 23.8 Å². The number of methoxy groups -OCH3 is 1. The monoisotopic (exact) mass is 694 g/mol. The standard InChI is InChI=1S/C35H37BF2N2O8S/c1-34(2)35(3,4)48-36(47-34)30-26(33(42)45-6)13-19(14-27(30)38)17-40(49(43)44)18-22-15-28-25(16-24(22)20-7-8-20)29(32(41)39-5)31(46-28)21-9-11-23(37)12-10-21/h9-16,20H,7-8,17-18H2,1-6H3,(H,39,41)(H,43,44). The van der Waals surface area contributed by atoms with Crippen molar-refractivity contribution >= 4 is 46.7 Å². The molecule has 0 bridgehead atoms. The molecular formula is C35H37BF2N2O8S. The number of nitrogens with zero attached hydrogens (tertiary/aromatic N) is 1. The van der Waals surface area contributed by atoms with Gasteiger partial charge in [-0.3, -0.25) is 9.35 Å². The topological polar surface area (TPSA) is 128 Å². The Labute approximate surface area is 285 Å². The van der Waals surface area contributed by atoms with Gasteiger partial charge >= 0.3 is 13.1 Å². The van der Waals surface area contributed by atoms with Crippen molar-refractivity contribution in [3.8, 4) is 11.3 Å². The molecule has 0 radical (unpaired) electrons. The van der Waals surface area contributed by atoms with Crippen LogP contribution in [0.5, 0.6) is 0 Å². The van der Waals surface area contributed by atoms with Crippen LogP contribution in [0.1, 0.15) is 83.9 Å². The van der Waals surface area contributed by atoms with Crippen LogP contribution in [-0.4, -0.2) is 57.4 Å². The molecule has 258 valence electrons. The molecule has 10 nitrogen and oxygen atoms in total. The van der Waals surface area contributed by atoms with Gasteiger partial charge in [0.25, 0.3) is 5.91 Å². The molecule has 3 aromatic carbocycles. The Hall–Kier alpha value is -3.95. The summed E-state index contributed by atoms with van der Waals surface area (Å²) in [6.07, 6.45) is 1.79. The first-order valence-electron chi connectivity index (χ1n) is 15.8. The van der Waals surface area contributed by atoms with Gasteiger partial charge in [0.05, 0.1) is 29.4 Å². The van der Waals surface area contributed by atoms with Crippen molar-refractivity contribution in [1.29, 1.82) is 0 Å². The van der Waals surface area contributed by atoms with Crippen molar-refractivity contribution in [3.63, 3.8) is 0 Å². The molecule has 1 amide bonds. The third-order valence-corrected chi connectivity index (χ3v) is 10.2. The zero-order chi connectivity index (χ0) is 35.4. The highest BCUT2D eigenvalue weighted by Crippen LogP contribution is 2.45. The molecule has 1 saturated carbocycles. The Kier molecular flexibility index (Phi) is 9.31. The van der Waals surface area contributed by atoms with Crippen molar-refractivity contribution in [2.45, 2.75) is 70.7 Å². The number of nitrogens with one attached hydrogen (secondary N) is 1. The molecule has 1 saturated heterocycles. The van der Waals surface area contributed by atoms with Gasteiger partial charge in [0.15, 0.2) is 0 Å². The number of hydrogen-bond donors (Lipinski definition) is 2. The van der Waals surface area contributed by atoms with Crippen LogP contribution in [-0.2, 0) is 38.4 Å². The van der Waals surface area contributed by atoms with E-state index in [1.807, 2.05) is 33.8 Å². The number of hydrogen-bond acceptors (Lipinski definition) is 7. The van der Waals surface area contributed by atoms with Crippen molar-refractivity contribution in [3.05, 3.63) is 88.0 Å². The van der Waals surface area contributed by atoms with E-state index in [4.69, 9.17) is 18.5 Å². The Bertz CT molecular complexity index is 1960. The molecule has 1 aliphatic carbocycles. The van der Waals surface area contributed by atoms with Crippen molar-refractivity contribution in [1.82, 2.24) is 9.62 Å². The molecular weight excluding hydrogens is 657 g/mol. The molecule has 1 atom stereocenters. The van der Waals surface area contributed by atoms with Gasteiger partial charge in [-0.15, -0.1) is 0 Å². The van der Waals surface area contributed by atoms with Crippen LogP contribution < -0.4 is 10.8 Å². The van der Waals surface area contributed by atoms with Gasteiger partial charge in [0.2, 0.25) is 11.3 Å². The Morgan fingerprint density at radius 1 is 1.04 bits per heavy atom. The van der Waals surface area contributed by atoms with Crippen LogP contribution in [0.15, 0.2) is 52.9 Å². The molecule has 0 spiro atoms. The predicted molar refractivity (Wildman–Crippen MR) is 180 cm³/mol. The van der Waals surface area contributed by atoms with Crippen molar-refractivity contribution in [2.75, 3.05) is 14.2 Å². The second-order valence-electron chi connectivity index (χ2n) is 13.4. The summed E-state index contributed by atoms with van der Waals surface area (Å²) in [7, 11) is 1.50. The fourth-order valence-electron chi connectivity index (χ4n) is 6.07. The van der Waals surface area contributed by atoms with E-state index in [2.05, 4.69) is 5.32 Å². The third kappa shape index (κ3) is 6.67. The summed E-state index contributed by atoms with van der Waals surface area (Å²) >= 11 is -2.52. The fraction of sp³-hybridized carbons (Fsp3) is 0.371. The highest BCUT2D eigenvalue weighted by molar-refractivity contribution is 7.76. The summed E-state index contributed by atoms with van der Waals surface area (Å²) < 4.78 is 77.2. The van der Waals surface area contributed by atoms with Crippen molar-refractivity contribution in [2.24, 2.45) is 0 Å².